The standard InChI is InChI=1S/C31H50N2O6/c1-9-21(2)29(32(4)5)27(37-6)20-28(35)33-17-13-16-25(33)30(38-7)22(3)26(34)19-24(31(36)39-8)18-23-14-11-10-12-15-23/h10-12,14-15,21-22,24-25,27,29-30H,9,13,16-20H2,1-8H3/t21-,22-,24+,25-,27+,29-,30+/m0/s1. The third-order valence-electron chi connectivity index (χ3n) is 8.46. The van der Waals surface area contributed by atoms with Crippen LogP contribution in [0.25, 0.3) is 0 Å². The average Bonchev–Trinajstić information content (AvgIpc) is 3.41. The van der Waals surface area contributed by atoms with Gasteiger partial charge in [-0.05, 0) is 44.8 Å². The van der Waals surface area contributed by atoms with Gasteiger partial charge in [-0.2, -0.15) is 0 Å². The topological polar surface area (TPSA) is 85.4 Å². The van der Waals surface area contributed by atoms with Crippen molar-refractivity contribution in [3.8, 4) is 0 Å². The van der Waals surface area contributed by atoms with Gasteiger partial charge in [-0.25, -0.2) is 0 Å². The van der Waals surface area contributed by atoms with Gasteiger partial charge in [-0.1, -0.05) is 57.5 Å². The Labute approximate surface area is 235 Å². The van der Waals surface area contributed by atoms with Crippen molar-refractivity contribution in [3.05, 3.63) is 35.9 Å². The van der Waals surface area contributed by atoms with Crippen LogP contribution in [0, 0.1) is 17.8 Å². The van der Waals surface area contributed by atoms with Gasteiger partial charge in [-0.3, -0.25) is 14.4 Å². The van der Waals surface area contributed by atoms with Crippen molar-refractivity contribution in [3.63, 3.8) is 0 Å². The molecule has 0 bridgehead atoms. The molecule has 220 valence electrons. The molecule has 1 fully saturated rings. The van der Waals surface area contributed by atoms with E-state index in [1.807, 2.05) is 56.3 Å². The number of benzene rings is 1. The van der Waals surface area contributed by atoms with E-state index in [1.165, 1.54) is 7.11 Å². The molecule has 1 saturated heterocycles. The van der Waals surface area contributed by atoms with Crippen LogP contribution in [0.5, 0.6) is 0 Å². The van der Waals surface area contributed by atoms with Crippen LogP contribution in [0.3, 0.4) is 0 Å². The number of rotatable bonds is 16. The van der Waals surface area contributed by atoms with Gasteiger partial charge >= 0.3 is 5.97 Å². The number of ketones is 1. The van der Waals surface area contributed by atoms with E-state index < -0.39 is 23.9 Å². The minimum atomic E-state index is -0.572. The van der Waals surface area contributed by atoms with Crippen LogP contribution >= 0.6 is 0 Å². The lowest BCUT2D eigenvalue weighted by Gasteiger charge is -2.38. The van der Waals surface area contributed by atoms with Gasteiger partial charge in [-0.15, -0.1) is 0 Å². The number of amides is 1. The zero-order valence-corrected chi connectivity index (χ0v) is 25.2. The number of likely N-dealkylation sites (tertiary alicyclic amines) is 1. The highest BCUT2D eigenvalue weighted by atomic mass is 16.5. The molecule has 39 heavy (non-hydrogen) atoms. The van der Waals surface area contributed by atoms with Gasteiger partial charge in [0.25, 0.3) is 0 Å². The van der Waals surface area contributed by atoms with Gasteiger partial charge in [0.15, 0.2) is 0 Å². The van der Waals surface area contributed by atoms with Crippen LogP contribution in [0.1, 0.15) is 58.4 Å². The number of methoxy groups -OCH3 is 3. The van der Waals surface area contributed by atoms with Gasteiger partial charge in [0.05, 0.1) is 37.7 Å². The highest BCUT2D eigenvalue weighted by Gasteiger charge is 2.41. The van der Waals surface area contributed by atoms with Crippen LogP contribution in [0.4, 0.5) is 0 Å². The Morgan fingerprint density at radius 1 is 1.03 bits per heavy atom. The molecule has 0 spiro atoms. The lowest BCUT2D eigenvalue weighted by Crippen LogP contribution is -2.51. The number of Topliss-reactive ketones (excluding diaryl/α,β-unsaturated/α-hetero) is 1. The third kappa shape index (κ3) is 8.85. The SMILES string of the molecule is CC[C@H](C)[C@@H]([C@@H](CC(=O)N1CCC[C@H]1[C@H](OC)[C@@H](C)C(=O)C[C@@H](Cc1ccccc1)C(=O)OC)OC)N(C)C. The van der Waals surface area contributed by atoms with E-state index in [0.717, 1.165) is 24.8 Å². The van der Waals surface area contributed by atoms with Gasteiger partial charge < -0.3 is 24.0 Å². The number of nitrogens with zero attached hydrogens (tertiary/aromatic N) is 2. The third-order valence-corrected chi connectivity index (χ3v) is 8.46. The summed E-state index contributed by atoms with van der Waals surface area (Å²) >= 11 is 0. The van der Waals surface area contributed by atoms with Crippen LogP contribution in [0.15, 0.2) is 30.3 Å². The molecule has 1 heterocycles. The highest BCUT2D eigenvalue weighted by molar-refractivity contribution is 5.86. The first kappa shape index (κ1) is 32.9. The fraction of sp³-hybridized carbons (Fsp3) is 0.710. The summed E-state index contributed by atoms with van der Waals surface area (Å²) in [6.07, 6.45) is 2.70. The molecule has 1 amide bonds. The van der Waals surface area contributed by atoms with Crippen LogP contribution < -0.4 is 0 Å². The first-order valence-corrected chi connectivity index (χ1v) is 14.2. The predicted octanol–water partition coefficient (Wildman–Crippen LogP) is 4.00. The molecule has 0 unspecified atom stereocenters. The molecule has 1 aromatic carbocycles. The molecule has 0 saturated carbocycles. The molecule has 1 aliphatic heterocycles. The second-order valence-corrected chi connectivity index (χ2v) is 11.2. The summed E-state index contributed by atoms with van der Waals surface area (Å²) in [5.41, 5.74) is 0.977. The number of hydrogen-bond donors (Lipinski definition) is 0. The summed E-state index contributed by atoms with van der Waals surface area (Å²) < 4.78 is 16.7. The monoisotopic (exact) mass is 546 g/mol. The largest absolute Gasteiger partial charge is 0.469 e. The molecule has 8 nitrogen and oxygen atoms in total. The van der Waals surface area contributed by atoms with Crippen LogP contribution in [-0.4, -0.2) is 93.7 Å². The minimum absolute atomic E-state index is 0.0257. The lowest BCUT2D eigenvalue weighted by molar-refractivity contribution is -0.148. The molecular weight excluding hydrogens is 496 g/mol. The Bertz CT molecular complexity index is 908. The van der Waals surface area contributed by atoms with Crippen molar-refractivity contribution in [2.75, 3.05) is 42.0 Å². The summed E-state index contributed by atoms with van der Waals surface area (Å²) in [6, 6.07) is 9.55. The average molecular weight is 547 g/mol. The Morgan fingerprint density at radius 3 is 2.23 bits per heavy atom. The number of esters is 1. The molecule has 0 radical (unpaired) electrons. The maximum absolute atomic E-state index is 13.6. The highest BCUT2D eigenvalue weighted by Crippen LogP contribution is 2.30. The summed E-state index contributed by atoms with van der Waals surface area (Å²) in [5.74, 6) is -1.12. The molecule has 1 aromatic rings. The van der Waals surface area contributed by atoms with Crippen molar-refractivity contribution >= 4 is 17.7 Å². The predicted molar refractivity (Wildman–Crippen MR) is 152 cm³/mol. The fourth-order valence-corrected chi connectivity index (χ4v) is 6.14. The van der Waals surface area contributed by atoms with Crippen molar-refractivity contribution in [1.82, 2.24) is 9.80 Å². The number of carbonyl (C=O) groups is 3. The number of likely N-dealkylation sites (N-methyl/N-ethyl adjacent to an activating group) is 1. The molecule has 8 heteroatoms. The van der Waals surface area contributed by atoms with E-state index in [0.29, 0.717) is 18.9 Å². The summed E-state index contributed by atoms with van der Waals surface area (Å²) in [4.78, 5) is 43.7. The molecule has 0 N–H and O–H groups in total. The molecule has 0 aromatic heterocycles. The quantitative estimate of drug-likeness (QED) is 0.290. The zero-order valence-electron chi connectivity index (χ0n) is 25.2. The fourth-order valence-electron chi connectivity index (χ4n) is 6.14. The van der Waals surface area contributed by atoms with E-state index in [-0.39, 0.29) is 42.7 Å². The van der Waals surface area contributed by atoms with Crippen molar-refractivity contribution in [1.29, 1.82) is 0 Å². The Morgan fingerprint density at radius 2 is 1.69 bits per heavy atom. The minimum Gasteiger partial charge on any atom is -0.469 e. The maximum atomic E-state index is 13.6. The molecular formula is C31H50N2O6. The van der Waals surface area contributed by atoms with E-state index in [2.05, 4.69) is 18.7 Å². The summed E-state index contributed by atoms with van der Waals surface area (Å²) in [5, 5.41) is 0. The molecule has 0 aliphatic carbocycles. The van der Waals surface area contributed by atoms with Crippen LogP contribution in [-0.2, 0) is 35.0 Å². The van der Waals surface area contributed by atoms with Crippen molar-refractivity contribution < 1.29 is 28.6 Å². The maximum Gasteiger partial charge on any atom is 0.309 e. The van der Waals surface area contributed by atoms with Crippen LogP contribution in [0.2, 0.25) is 0 Å². The number of ether oxygens (including phenoxy) is 3. The number of carbonyl (C=O) groups excluding carboxylic acids is 3. The second kappa shape index (κ2) is 16.1. The Hall–Kier alpha value is -2.29. The lowest BCUT2D eigenvalue weighted by atomic mass is 9.85. The normalized spacial score (nSPS) is 20.2. The molecule has 7 atom stereocenters. The summed E-state index contributed by atoms with van der Waals surface area (Å²) in [6.45, 7) is 6.82. The van der Waals surface area contributed by atoms with Gasteiger partial charge in [0.1, 0.15) is 5.78 Å². The van der Waals surface area contributed by atoms with E-state index in [9.17, 15) is 14.4 Å². The molecule has 1 aliphatic rings. The van der Waals surface area contributed by atoms with Crippen molar-refractivity contribution in [2.45, 2.75) is 83.6 Å². The van der Waals surface area contributed by atoms with E-state index >= 15 is 0 Å². The Kier molecular flexibility index (Phi) is 13.6. The Balaban J connectivity index is 2.15. The number of hydrogen-bond acceptors (Lipinski definition) is 7. The van der Waals surface area contributed by atoms with Gasteiger partial charge in [0.2, 0.25) is 5.91 Å². The van der Waals surface area contributed by atoms with E-state index in [1.54, 1.807) is 14.2 Å². The van der Waals surface area contributed by atoms with Gasteiger partial charge in [0, 0.05) is 39.1 Å². The second-order valence-electron chi connectivity index (χ2n) is 11.2. The molecule has 2 rings (SSSR count). The smallest absolute Gasteiger partial charge is 0.309 e. The van der Waals surface area contributed by atoms with E-state index in [4.69, 9.17) is 14.2 Å². The first-order valence-electron chi connectivity index (χ1n) is 14.2. The van der Waals surface area contributed by atoms with Crippen molar-refractivity contribution in [2.24, 2.45) is 17.8 Å². The zero-order chi connectivity index (χ0) is 29.1. The summed E-state index contributed by atoms with van der Waals surface area (Å²) in [7, 11) is 8.67. The first-order chi connectivity index (χ1) is 18.6.